The summed E-state index contributed by atoms with van der Waals surface area (Å²) in [5.74, 6) is 0.682. The summed E-state index contributed by atoms with van der Waals surface area (Å²) in [4.78, 5) is 14.4. The number of methoxy groups -OCH3 is 1. The van der Waals surface area contributed by atoms with E-state index in [4.69, 9.17) is 4.74 Å². The highest BCUT2D eigenvalue weighted by molar-refractivity contribution is 7.16. The van der Waals surface area contributed by atoms with Gasteiger partial charge in [-0.2, -0.15) is 0 Å². The van der Waals surface area contributed by atoms with E-state index in [1.165, 1.54) is 15.3 Å². The number of hydrogen-bond acceptors (Lipinski definition) is 6. The summed E-state index contributed by atoms with van der Waals surface area (Å²) in [5, 5.41) is 3.28. The van der Waals surface area contributed by atoms with Crippen LogP contribution < -0.4 is 4.74 Å². The highest BCUT2D eigenvalue weighted by atomic mass is 32.1. The molecule has 1 aliphatic rings. The predicted octanol–water partition coefficient (Wildman–Crippen LogP) is 4.14. The maximum atomic E-state index is 5.22. The van der Waals surface area contributed by atoms with E-state index in [0.29, 0.717) is 5.88 Å². The van der Waals surface area contributed by atoms with Crippen molar-refractivity contribution in [3.05, 3.63) is 50.8 Å². The average molecular weight is 358 g/mol. The van der Waals surface area contributed by atoms with Crippen LogP contribution in [0.1, 0.15) is 21.1 Å². The molecule has 0 saturated heterocycles. The van der Waals surface area contributed by atoms with E-state index in [-0.39, 0.29) is 0 Å². The molecule has 0 fully saturated rings. The van der Waals surface area contributed by atoms with Gasteiger partial charge in [-0.1, -0.05) is 6.07 Å². The van der Waals surface area contributed by atoms with Crippen molar-refractivity contribution in [1.29, 1.82) is 0 Å². The summed E-state index contributed by atoms with van der Waals surface area (Å²) >= 11 is 3.61. The van der Waals surface area contributed by atoms with Crippen LogP contribution >= 0.6 is 22.7 Å². The van der Waals surface area contributed by atoms with Crippen molar-refractivity contribution in [3.8, 4) is 16.5 Å². The SMILES string of the molecule is COc1cccc(CN2CCc3sc(-c4csc(C)n4)cc3C2)n1. The fourth-order valence-corrected chi connectivity index (χ4v) is 4.83. The van der Waals surface area contributed by atoms with Gasteiger partial charge in [0.2, 0.25) is 5.88 Å². The number of hydrogen-bond donors (Lipinski definition) is 0. The molecular weight excluding hydrogens is 338 g/mol. The molecule has 24 heavy (non-hydrogen) atoms. The minimum atomic E-state index is 0.682. The van der Waals surface area contributed by atoms with E-state index in [9.17, 15) is 0 Å². The first-order valence-corrected chi connectivity index (χ1v) is 9.67. The smallest absolute Gasteiger partial charge is 0.213 e. The largest absolute Gasteiger partial charge is 0.481 e. The lowest BCUT2D eigenvalue weighted by atomic mass is 10.1. The highest BCUT2D eigenvalue weighted by Gasteiger charge is 2.20. The third kappa shape index (κ3) is 3.22. The number of aromatic nitrogens is 2. The molecule has 0 radical (unpaired) electrons. The lowest BCUT2D eigenvalue weighted by Crippen LogP contribution is -2.29. The van der Waals surface area contributed by atoms with Crippen LogP contribution in [0.4, 0.5) is 0 Å². The molecule has 6 heteroatoms. The third-order valence-electron chi connectivity index (χ3n) is 4.19. The Morgan fingerprint density at radius 3 is 3.00 bits per heavy atom. The normalized spacial score (nSPS) is 14.6. The van der Waals surface area contributed by atoms with Crippen LogP contribution in [-0.2, 0) is 19.5 Å². The van der Waals surface area contributed by atoms with Crippen molar-refractivity contribution in [2.75, 3.05) is 13.7 Å². The molecular formula is C18H19N3OS2. The predicted molar refractivity (Wildman–Crippen MR) is 98.8 cm³/mol. The molecule has 0 unspecified atom stereocenters. The molecule has 0 saturated carbocycles. The summed E-state index contributed by atoms with van der Waals surface area (Å²) in [6.07, 6.45) is 1.10. The second-order valence-corrected chi connectivity index (χ2v) is 8.14. The summed E-state index contributed by atoms with van der Waals surface area (Å²) < 4.78 is 5.22. The van der Waals surface area contributed by atoms with Gasteiger partial charge in [0.1, 0.15) is 0 Å². The van der Waals surface area contributed by atoms with Gasteiger partial charge in [0.05, 0.1) is 28.4 Å². The highest BCUT2D eigenvalue weighted by Crippen LogP contribution is 2.35. The quantitative estimate of drug-likeness (QED) is 0.703. The fourth-order valence-electron chi connectivity index (χ4n) is 3.02. The van der Waals surface area contributed by atoms with Gasteiger partial charge in [0.15, 0.2) is 0 Å². The van der Waals surface area contributed by atoms with Gasteiger partial charge in [-0.25, -0.2) is 9.97 Å². The summed E-state index contributed by atoms with van der Waals surface area (Å²) in [6, 6.07) is 8.28. The van der Waals surface area contributed by atoms with E-state index in [1.54, 1.807) is 18.4 Å². The first-order valence-electron chi connectivity index (χ1n) is 7.97. The second kappa shape index (κ2) is 6.63. The Balaban J connectivity index is 1.50. The van der Waals surface area contributed by atoms with Crippen molar-refractivity contribution < 1.29 is 4.74 Å². The van der Waals surface area contributed by atoms with Gasteiger partial charge >= 0.3 is 0 Å². The number of fused-ring (bicyclic) bond motifs is 1. The molecule has 0 aliphatic carbocycles. The van der Waals surface area contributed by atoms with Crippen molar-refractivity contribution in [1.82, 2.24) is 14.9 Å². The van der Waals surface area contributed by atoms with E-state index in [1.807, 2.05) is 23.5 Å². The molecule has 0 atom stereocenters. The molecule has 3 aromatic rings. The summed E-state index contributed by atoms with van der Waals surface area (Å²) in [5.41, 5.74) is 3.62. The monoisotopic (exact) mass is 357 g/mol. The van der Waals surface area contributed by atoms with Crippen molar-refractivity contribution in [3.63, 3.8) is 0 Å². The van der Waals surface area contributed by atoms with Gasteiger partial charge in [0, 0.05) is 36.0 Å². The number of nitrogens with zero attached hydrogens (tertiary/aromatic N) is 3. The molecule has 0 N–H and O–H groups in total. The van der Waals surface area contributed by atoms with Crippen LogP contribution in [0.25, 0.3) is 10.6 Å². The van der Waals surface area contributed by atoms with Crippen LogP contribution in [-0.4, -0.2) is 28.5 Å². The maximum Gasteiger partial charge on any atom is 0.213 e. The maximum absolute atomic E-state index is 5.22. The Bertz CT molecular complexity index is 856. The first-order chi connectivity index (χ1) is 11.7. The minimum Gasteiger partial charge on any atom is -0.481 e. The molecule has 124 valence electrons. The number of thiophene rings is 1. The van der Waals surface area contributed by atoms with Crippen molar-refractivity contribution in [2.45, 2.75) is 26.4 Å². The number of pyridine rings is 1. The number of ether oxygens (including phenoxy) is 1. The standard InChI is InChI=1S/C18H19N3OS2/c1-12-19-15(11-23-12)17-8-13-9-21(7-6-16(13)24-17)10-14-4-3-5-18(20-14)22-2/h3-5,8,11H,6-7,9-10H2,1-2H3. The van der Waals surface area contributed by atoms with Crippen LogP contribution in [0, 0.1) is 6.92 Å². The number of thiazole rings is 1. The molecule has 0 amide bonds. The molecule has 0 spiro atoms. The van der Waals surface area contributed by atoms with E-state index in [2.05, 4.69) is 39.3 Å². The molecule has 3 aromatic heterocycles. The Morgan fingerprint density at radius 1 is 1.29 bits per heavy atom. The van der Waals surface area contributed by atoms with Gasteiger partial charge in [-0.15, -0.1) is 22.7 Å². The van der Waals surface area contributed by atoms with Crippen LogP contribution in [0.2, 0.25) is 0 Å². The van der Waals surface area contributed by atoms with E-state index < -0.39 is 0 Å². The minimum absolute atomic E-state index is 0.682. The third-order valence-corrected chi connectivity index (χ3v) is 6.23. The summed E-state index contributed by atoms with van der Waals surface area (Å²) in [6.45, 7) is 4.97. The first kappa shape index (κ1) is 15.7. The number of aryl methyl sites for hydroxylation is 1. The van der Waals surface area contributed by atoms with Gasteiger partial charge in [-0.05, 0) is 31.0 Å². The average Bonchev–Trinajstić information content (AvgIpc) is 3.20. The summed E-state index contributed by atoms with van der Waals surface area (Å²) in [7, 11) is 1.66. The van der Waals surface area contributed by atoms with Gasteiger partial charge in [0.25, 0.3) is 0 Å². The van der Waals surface area contributed by atoms with Crippen molar-refractivity contribution >= 4 is 22.7 Å². The van der Waals surface area contributed by atoms with E-state index >= 15 is 0 Å². The Morgan fingerprint density at radius 2 is 2.21 bits per heavy atom. The van der Waals surface area contributed by atoms with Crippen LogP contribution in [0.3, 0.4) is 0 Å². The van der Waals surface area contributed by atoms with Gasteiger partial charge in [-0.3, -0.25) is 4.90 Å². The fraction of sp³-hybridized carbons (Fsp3) is 0.333. The topological polar surface area (TPSA) is 38.2 Å². The molecule has 0 aromatic carbocycles. The van der Waals surface area contributed by atoms with Crippen LogP contribution in [0.5, 0.6) is 5.88 Å². The zero-order chi connectivity index (χ0) is 16.5. The molecule has 0 bridgehead atoms. The number of rotatable bonds is 4. The molecule has 4 heterocycles. The van der Waals surface area contributed by atoms with Crippen LogP contribution in [0.15, 0.2) is 29.6 Å². The lowest BCUT2D eigenvalue weighted by molar-refractivity contribution is 0.243. The zero-order valence-electron chi connectivity index (χ0n) is 13.8. The Hall–Kier alpha value is -1.76. The molecule has 1 aliphatic heterocycles. The zero-order valence-corrected chi connectivity index (χ0v) is 15.4. The lowest BCUT2D eigenvalue weighted by Gasteiger charge is -2.26. The van der Waals surface area contributed by atoms with Gasteiger partial charge < -0.3 is 4.74 Å². The Labute approximate surface area is 149 Å². The molecule has 4 rings (SSSR count). The van der Waals surface area contributed by atoms with E-state index in [0.717, 1.165) is 42.5 Å². The second-order valence-electron chi connectivity index (χ2n) is 5.94. The molecule has 4 nitrogen and oxygen atoms in total. The van der Waals surface area contributed by atoms with Crippen molar-refractivity contribution in [2.24, 2.45) is 0 Å². The Kier molecular flexibility index (Phi) is 4.35.